The molecule has 0 aliphatic rings. The maximum absolute atomic E-state index is 12.9. The third-order valence-corrected chi connectivity index (χ3v) is 3.73. The fraction of sp³-hybridized carbons (Fsp3) is 0.429. The minimum atomic E-state index is -1.03. The van der Waals surface area contributed by atoms with Crippen LogP contribution in [-0.4, -0.2) is 20.9 Å². The van der Waals surface area contributed by atoms with E-state index in [0.29, 0.717) is 25.6 Å². The molecule has 2 aromatic rings. The van der Waals surface area contributed by atoms with Crippen LogP contribution in [0.1, 0.15) is 34.9 Å². The minimum Gasteiger partial charge on any atom is -0.476 e. The van der Waals surface area contributed by atoms with Gasteiger partial charge in [-0.25, -0.2) is 4.79 Å². The summed E-state index contributed by atoms with van der Waals surface area (Å²) in [7, 11) is 0. The van der Waals surface area contributed by atoms with Crippen LogP contribution in [0.15, 0.2) is 18.2 Å². The predicted molar refractivity (Wildman–Crippen MR) is 86.1 cm³/mol. The number of rotatable bonds is 7. The van der Waals surface area contributed by atoms with E-state index in [-0.39, 0.29) is 23.2 Å². The van der Waals surface area contributed by atoms with E-state index in [4.69, 9.17) is 5.11 Å². The highest BCUT2D eigenvalue weighted by molar-refractivity contribution is 7.10. The summed E-state index contributed by atoms with van der Waals surface area (Å²) in [6, 6.07) is 4.75. The molecule has 122 valence electrons. The van der Waals surface area contributed by atoms with E-state index in [9.17, 15) is 9.18 Å². The van der Waals surface area contributed by atoms with Gasteiger partial charge in [0.1, 0.15) is 0 Å². The lowest BCUT2D eigenvalue weighted by Gasteiger charge is -2.10. The minimum absolute atomic E-state index is 0. The first-order chi connectivity index (χ1) is 9.95. The van der Waals surface area contributed by atoms with Crippen molar-refractivity contribution >= 4 is 29.7 Å². The molecule has 0 unspecified atom stereocenters. The Labute approximate surface area is 138 Å². The SMILES string of the molecule is CC(C)Cn1nc(C(=O)O)cc1CNCc1ccc(F)s1.Cl. The molecular weight excluding hydrogens is 329 g/mol. The van der Waals surface area contributed by atoms with Crippen LogP contribution in [0.4, 0.5) is 4.39 Å². The summed E-state index contributed by atoms with van der Waals surface area (Å²) >= 11 is 1.10. The third kappa shape index (κ3) is 5.08. The number of hydrogen-bond donors (Lipinski definition) is 2. The van der Waals surface area contributed by atoms with Crippen LogP contribution >= 0.6 is 23.7 Å². The van der Waals surface area contributed by atoms with Crippen LogP contribution in [0.5, 0.6) is 0 Å². The highest BCUT2D eigenvalue weighted by Gasteiger charge is 2.13. The summed E-state index contributed by atoms with van der Waals surface area (Å²) in [6.45, 7) is 5.80. The van der Waals surface area contributed by atoms with E-state index in [0.717, 1.165) is 21.9 Å². The Hall–Kier alpha value is -1.44. The number of aromatic nitrogens is 2. The number of thiophene rings is 1. The largest absolute Gasteiger partial charge is 0.476 e. The first-order valence-electron chi connectivity index (χ1n) is 6.70. The van der Waals surface area contributed by atoms with Gasteiger partial charge in [0.05, 0.1) is 5.69 Å². The average Bonchev–Trinajstić information content (AvgIpc) is 2.96. The summed E-state index contributed by atoms with van der Waals surface area (Å²) in [5.41, 5.74) is 0.868. The Bertz CT molecular complexity index is 627. The van der Waals surface area contributed by atoms with Crippen molar-refractivity contribution < 1.29 is 14.3 Å². The number of carboxylic acid groups (broad SMARTS) is 1. The Balaban J connectivity index is 0.00000242. The molecule has 2 heterocycles. The maximum Gasteiger partial charge on any atom is 0.356 e. The maximum atomic E-state index is 12.9. The molecular formula is C14H19ClFN3O2S. The van der Waals surface area contributed by atoms with Gasteiger partial charge in [-0.05, 0) is 24.1 Å². The molecule has 2 rings (SSSR count). The van der Waals surface area contributed by atoms with Crippen molar-refractivity contribution in [1.29, 1.82) is 0 Å². The van der Waals surface area contributed by atoms with E-state index >= 15 is 0 Å². The lowest BCUT2D eigenvalue weighted by molar-refractivity contribution is 0.0689. The van der Waals surface area contributed by atoms with Gasteiger partial charge in [0, 0.05) is 24.5 Å². The number of nitrogens with one attached hydrogen (secondary N) is 1. The van der Waals surface area contributed by atoms with Crippen molar-refractivity contribution in [3.63, 3.8) is 0 Å². The zero-order valence-corrected chi connectivity index (χ0v) is 14.0. The lowest BCUT2D eigenvalue weighted by atomic mass is 10.2. The number of halogens is 2. The van der Waals surface area contributed by atoms with E-state index in [1.807, 2.05) is 13.8 Å². The Morgan fingerprint density at radius 1 is 1.45 bits per heavy atom. The number of hydrogen-bond acceptors (Lipinski definition) is 4. The van der Waals surface area contributed by atoms with Crippen molar-refractivity contribution in [1.82, 2.24) is 15.1 Å². The molecule has 0 fully saturated rings. The molecule has 0 aliphatic heterocycles. The average molecular weight is 348 g/mol. The van der Waals surface area contributed by atoms with Crippen molar-refractivity contribution in [2.75, 3.05) is 0 Å². The fourth-order valence-electron chi connectivity index (χ4n) is 1.97. The predicted octanol–water partition coefficient (Wildman–Crippen LogP) is 3.15. The monoisotopic (exact) mass is 347 g/mol. The zero-order chi connectivity index (χ0) is 15.4. The Morgan fingerprint density at radius 2 is 2.18 bits per heavy atom. The first kappa shape index (κ1) is 18.6. The number of aromatic carboxylic acids is 1. The molecule has 0 amide bonds. The van der Waals surface area contributed by atoms with Crippen LogP contribution in [0, 0.1) is 11.0 Å². The van der Waals surface area contributed by atoms with Crippen molar-refractivity contribution in [3.05, 3.63) is 39.6 Å². The molecule has 0 saturated carbocycles. The van der Waals surface area contributed by atoms with E-state index < -0.39 is 5.97 Å². The van der Waals surface area contributed by atoms with Gasteiger partial charge < -0.3 is 10.4 Å². The second kappa shape index (κ2) is 8.26. The normalized spacial score (nSPS) is 10.7. The molecule has 2 N–H and O–H groups in total. The fourth-order valence-corrected chi connectivity index (χ4v) is 2.66. The van der Waals surface area contributed by atoms with Crippen LogP contribution in [0.25, 0.3) is 0 Å². The van der Waals surface area contributed by atoms with E-state index in [1.54, 1.807) is 16.8 Å². The highest BCUT2D eigenvalue weighted by atomic mass is 35.5. The molecule has 0 bridgehead atoms. The van der Waals surface area contributed by atoms with Gasteiger partial charge in [0.2, 0.25) is 0 Å². The van der Waals surface area contributed by atoms with Gasteiger partial charge in [0.25, 0.3) is 0 Å². The highest BCUT2D eigenvalue weighted by Crippen LogP contribution is 2.14. The standard InChI is InChI=1S/C14H18FN3O2S.ClH/c1-9(2)8-18-10(5-12(17-18)14(19)20)6-16-7-11-3-4-13(15)21-11;/h3-5,9,16H,6-8H2,1-2H3,(H,19,20);1H. The third-order valence-electron chi connectivity index (χ3n) is 2.85. The molecule has 0 aromatic carbocycles. The summed E-state index contributed by atoms with van der Waals surface area (Å²) in [6.07, 6.45) is 0. The Kier molecular flexibility index (Phi) is 6.99. The van der Waals surface area contributed by atoms with Crippen LogP contribution in [0.3, 0.4) is 0 Å². The molecule has 22 heavy (non-hydrogen) atoms. The summed E-state index contributed by atoms with van der Waals surface area (Å²) < 4.78 is 14.6. The zero-order valence-electron chi connectivity index (χ0n) is 12.4. The Morgan fingerprint density at radius 3 is 2.73 bits per heavy atom. The smallest absolute Gasteiger partial charge is 0.356 e. The summed E-state index contributed by atoms with van der Waals surface area (Å²) in [4.78, 5) is 11.9. The topological polar surface area (TPSA) is 67.2 Å². The first-order valence-corrected chi connectivity index (χ1v) is 7.52. The summed E-state index contributed by atoms with van der Waals surface area (Å²) in [5, 5.41) is 16.1. The van der Waals surface area contributed by atoms with Crippen molar-refractivity contribution in [2.24, 2.45) is 5.92 Å². The second-order valence-corrected chi connectivity index (χ2v) is 6.33. The van der Waals surface area contributed by atoms with Crippen LogP contribution in [0.2, 0.25) is 0 Å². The van der Waals surface area contributed by atoms with Crippen LogP contribution < -0.4 is 5.32 Å². The molecule has 0 atom stereocenters. The van der Waals surface area contributed by atoms with Crippen molar-refractivity contribution in [2.45, 2.75) is 33.5 Å². The second-order valence-electron chi connectivity index (χ2n) is 5.21. The lowest BCUT2D eigenvalue weighted by Crippen LogP contribution is -2.17. The molecule has 0 aliphatic carbocycles. The summed E-state index contributed by atoms with van der Waals surface area (Å²) in [5.74, 6) is -0.657. The molecule has 0 spiro atoms. The van der Waals surface area contributed by atoms with Gasteiger partial charge in [-0.15, -0.1) is 23.7 Å². The molecule has 5 nitrogen and oxygen atoms in total. The molecule has 0 saturated heterocycles. The van der Waals surface area contributed by atoms with Gasteiger partial charge in [-0.3, -0.25) is 4.68 Å². The number of carboxylic acids is 1. The quantitative estimate of drug-likeness (QED) is 0.807. The van der Waals surface area contributed by atoms with E-state index in [2.05, 4.69) is 10.4 Å². The molecule has 2 aromatic heterocycles. The molecule has 0 radical (unpaired) electrons. The van der Waals surface area contributed by atoms with Gasteiger partial charge in [-0.1, -0.05) is 13.8 Å². The van der Waals surface area contributed by atoms with Crippen molar-refractivity contribution in [3.8, 4) is 0 Å². The molecule has 8 heteroatoms. The van der Waals surface area contributed by atoms with Crippen LogP contribution in [-0.2, 0) is 19.6 Å². The van der Waals surface area contributed by atoms with Gasteiger partial charge in [-0.2, -0.15) is 9.49 Å². The van der Waals surface area contributed by atoms with E-state index in [1.165, 1.54) is 6.07 Å². The van der Waals surface area contributed by atoms with Gasteiger partial charge >= 0.3 is 5.97 Å². The van der Waals surface area contributed by atoms with Gasteiger partial charge in [0.15, 0.2) is 10.8 Å². The number of nitrogens with zero attached hydrogens (tertiary/aromatic N) is 2. The number of carbonyl (C=O) groups is 1.